The van der Waals surface area contributed by atoms with Gasteiger partial charge in [-0.15, -0.1) is 0 Å². The van der Waals surface area contributed by atoms with Gasteiger partial charge in [-0.3, -0.25) is 9.59 Å². The molecule has 21 heavy (non-hydrogen) atoms. The van der Waals surface area contributed by atoms with Gasteiger partial charge in [-0.1, -0.05) is 6.07 Å². The summed E-state index contributed by atoms with van der Waals surface area (Å²) < 4.78 is 1.28. The Labute approximate surface area is 122 Å². The maximum absolute atomic E-state index is 12.0. The highest BCUT2D eigenvalue weighted by Crippen LogP contribution is 2.17. The molecule has 0 aliphatic heterocycles. The molecule has 0 radical (unpaired) electrons. The second-order valence-electron chi connectivity index (χ2n) is 4.92. The second-order valence-corrected chi connectivity index (χ2v) is 4.92. The zero-order valence-electron chi connectivity index (χ0n) is 12.0. The molecular formula is C15H18N4O2. The highest BCUT2D eigenvalue weighted by Gasteiger charge is 2.06. The summed E-state index contributed by atoms with van der Waals surface area (Å²) in [4.78, 5) is 25.6. The van der Waals surface area contributed by atoms with Crippen molar-refractivity contribution in [1.82, 2.24) is 4.57 Å². The molecule has 0 saturated carbocycles. The fourth-order valence-electron chi connectivity index (χ4n) is 1.89. The van der Waals surface area contributed by atoms with Crippen molar-refractivity contribution in [3.63, 3.8) is 0 Å². The van der Waals surface area contributed by atoms with Crippen molar-refractivity contribution in [2.24, 2.45) is 0 Å². The predicted molar refractivity (Wildman–Crippen MR) is 84.5 cm³/mol. The van der Waals surface area contributed by atoms with Crippen LogP contribution in [0, 0.1) is 0 Å². The van der Waals surface area contributed by atoms with Crippen LogP contribution in [0.2, 0.25) is 0 Å². The first kappa shape index (κ1) is 14.6. The SMILES string of the molecule is CN(C)c1cccc(NC(=O)Cn2cc(N)ccc2=O)c1. The molecule has 0 aliphatic rings. The van der Waals surface area contributed by atoms with Gasteiger partial charge in [0.2, 0.25) is 5.91 Å². The number of amides is 1. The number of benzene rings is 1. The van der Waals surface area contributed by atoms with Crippen molar-refractivity contribution < 1.29 is 4.79 Å². The van der Waals surface area contributed by atoms with Crippen molar-refractivity contribution in [2.75, 3.05) is 30.0 Å². The van der Waals surface area contributed by atoms with Crippen molar-refractivity contribution in [3.8, 4) is 0 Å². The lowest BCUT2D eigenvalue weighted by molar-refractivity contribution is -0.116. The monoisotopic (exact) mass is 286 g/mol. The van der Waals surface area contributed by atoms with Gasteiger partial charge in [0.15, 0.2) is 0 Å². The van der Waals surface area contributed by atoms with E-state index in [1.165, 1.54) is 22.9 Å². The molecule has 0 aliphatic carbocycles. The molecule has 6 nitrogen and oxygen atoms in total. The van der Waals surface area contributed by atoms with E-state index in [-0.39, 0.29) is 18.0 Å². The number of nitrogens with zero attached hydrogens (tertiary/aromatic N) is 2. The summed E-state index contributed by atoms with van der Waals surface area (Å²) in [6.07, 6.45) is 1.46. The Morgan fingerprint density at radius 3 is 2.76 bits per heavy atom. The van der Waals surface area contributed by atoms with Crippen LogP contribution in [-0.4, -0.2) is 24.6 Å². The third-order valence-corrected chi connectivity index (χ3v) is 2.97. The fraction of sp³-hybridized carbons (Fsp3) is 0.200. The fourth-order valence-corrected chi connectivity index (χ4v) is 1.89. The molecule has 0 saturated heterocycles. The average molecular weight is 286 g/mol. The molecule has 2 rings (SSSR count). The number of anilines is 3. The van der Waals surface area contributed by atoms with Gasteiger partial charge < -0.3 is 20.5 Å². The highest BCUT2D eigenvalue weighted by molar-refractivity contribution is 5.91. The topological polar surface area (TPSA) is 80.4 Å². The van der Waals surface area contributed by atoms with Crippen LogP contribution >= 0.6 is 0 Å². The van der Waals surface area contributed by atoms with Crippen molar-refractivity contribution in [1.29, 1.82) is 0 Å². The third kappa shape index (κ3) is 3.85. The standard InChI is InChI=1S/C15H18N4O2/c1-18(2)13-5-3-4-12(8-13)17-14(20)10-19-9-11(16)6-7-15(19)21/h3-9H,10,16H2,1-2H3,(H,17,20). The lowest BCUT2D eigenvalue weighted by Gasteiger charge is -2.14. The Kier molecular flexibility index (Phi) is 4.27. The minimum atomic E-state index is -0.279. The number of nitrogen functional groups attached to an aromatic ring is 1. The minimum Gasteiger partial charge on any atom is -0.398 e. The number of nitrogens with two attached hydrogens (primary N) is 1. The molecule has 1 aromatic heterocycles. The summed E-state index contributed by atoms with van der Waals surface area (Å²) in [5, 5.41) is 2.77. The van der Waals surface area contributed by atoms with E-state index in [0.717, 1.165) is 5.69 Å². The normalized spacial score (nSPS) is 10.2. The van der Waals surface area contributed by atoms with Gasteiger partial charge in [0, 0.05) is 43.4 Å². The summed E-state index contributed by atoms with van der Waals surface area (Å²) in [7, 11) is 3.85. The summed E-state index contributed by atoms with van der Waals surface area (Å²) in [6.45, 7) is -0.0733. The van der Waals surface area contributed by atoms with Gasteiger partial charge in [0.1, 0.15) is 6.54 Å². The van der Waals surface area contributed by atoms with E-state index in [1.807, 2.05) is 37.2 Å². The number of carbonyl (C=O) groups excluding carboxylic acids is 1. The summed E-state index contributed by atoms with van der Waals surface area (Å²) in [5.74, 6) is -0.279. The number of hydrogen-bond acceptors (Lipinski definition) is 4. The predicted octanol–water partition coefficient (Wildman–Crippen LogP) is 1.14. The number of pyridine rings is 1. The molecule has 3 N–H and O–H groups in total. The zero-order valence-corrected chi connectivity index (χ0v) is 12.0. The average Bonchev–Trinajstić information content (AvgIpc) is 2.43. The van der Waals surface area contributed by atoms with Gasteiger partial charge >= 0.3 is 0 Å². The van der Waals surface area contributed by atoms with Gasteiger partial charge in [-0.2, -0.15) is 0 Å². The Morgan fingerprint density at radius 1 is 1.29 bits per heavy atom. The first-order chi connectivity index (χ1) is 9.95. The number of rotatable bonds is 4. The van der Waals surface area contributed by atoms with E-state index >= 15 is 0 Å². The smallest absolute Gasteiger partial charge is 0.251 e. The Hall–Kier alpha value is -2.76. The maximum atomic E-state index is 12.0. The molecule has 0 fully saturated rings. The molecule has 110 valence electrons. The van der Waals surface area contributed by atoms with Crippen LogP contribution in [0.1, 0.15) is 0 Å². The van der Waals surface area contributed by atoms with E-state index in [1.54, 1.807) is 6.07 Å². The molecule has 1 heterocycles. The van der Waals surface area contributed by atoms with Gasteiger partial charge in [0.25, 0.3) is 5.56 Å². The van der Waals surface area contributed by atoms with E-state index in [4.69, 9.17) is 5.73 Å². The maximum Gasteiger partial charge on any atom is 0.251 e. The van der Waals surface area contributed by atoms with Gasteiger partial charge in [-0.25, -0.2) is 0 Å². The van der Waals surface area contributed by atoms with E-state index in [0.29, 0.717) is 11.4 Å². The van der Waals surface area contributed by atoms with Gasteiger partial charge in [0.05, 0.1) is 0 Å². The second kappa shape index (κ2) is 6.13. The third-order valence-electron chi connectivity index (χ3n) is 2.97. The van der Waals surface area contributed by atoms with Crippen LogP contribution in [0.15, 0.2) is 47.4 Å². The van der Waals surface area contributed by atoms with Crippen molar-refractivity contribution in [3.05, 3.63) is 52.9 Å². The summed E-state index contributed by atoms with van der Waals surface area (Å²) in [6, 6.07) is 10.3. The molecule has 1 amide bonds. The van der Waals surface area contributed by atoms with Crippen LogP contribution in [0.5, 0.6) is 0 Å². The first-order valence-electron chi connectivity index (χ1n) is 6.49. The zero-order chi connectivity index (χ0) is 15.4. The molecule has 0 spiro atoms. The molecule has 2 aromatic rings. The molecule has 1 aromatic carbocycles. The van der Waals surface area contributed by atoms with Crippen LogP contribution in [0.4, 0.5) is 17.1 Å². The molecule has 0 unspecified atom stereocenters. The lowest BCUT2D eigenvalue weighted by Crippen LogP contribution is -2.27. The molecule has 6 heteroatoms. The minimum absolute atomic E-state index is 0.0733. The van der Waals surface area contributed by atoms with Crippen LogP contribution in [0.25, 0.3) is 0 Å². The Balaban J connectivity index is 2.10. The van der Waals surface area contributed by atoms with Crippen LogP contribution in [0.3, 0.4) is 0 Å². The van der Waals surface area contributed by atoms with Gasteiger partial charge in [-0.05, 0) is 24.3 Å². The lowest BCUT2D eigenvalue weighted by atomic mass is 10.2. The Morgan fingerprint density at radius 2 is 2.05 bits per heavy atom. The first-order valence-corrected chi connectivity index (χ1v) is 6.49. The van der Waals surface area contributed by atoms with Crippen molar-refractivity contribution >= 4 is 23.0 Å². The molecule has 0 bridgehead atoms. The van der Waals surface area contributed by atoms with Crippen LogP contribution < -0.4 is 21.5 Å². The van der Waals surface area contributed by atoms with Crippen molar-refractivity contribution in [2.45, 2.75) is 6.54 Å². The molecule has 0 atom stereocenters. The molecular weight excluding hydrogens is 268 g/mol. The van der Waals surface area contributed by atoms with Crippen LogP contribution in [-0.2, 0) is 11.3 Å². The number of nitrogens with one attached hydrogen (secondary N) is 1. The Bertz CT molecular complexity index is 707. The number of carbonyl (C=O) groups is 1. The number of hydrogen-bond donors (Lipinski definition) is 2. The van der Waals surface area contributed by atoms with E-state index < -0.39 is 0 Å². The largest absolute Gasteiger partial charge is 0.398 e. The van der Waals surface area contributed by atoms with E-state index in [9.17, 15) is 9.59 Å². The quantitative estimate of drug-likeness (QED) is 0.883. The highest BCUT2D eigenvalue weighted by atomic mass is 16.2. The summed E-state index contributed by atoms with van der Waals surface area (Å²) in [5.41, 5.74) is 7.46. The van der Waals surface area contributed by atoms with E-state index in [2.05, 4.69) is 5.32 Å². The summed E-state index contributed by atoms with van der Waals surface area (Å²) >= 11 is 0. The number of aromatic nitrogens is 1.